The number of rotatable bonds is 6. The first-order valence-corrected chi connectivity index (χ1v) is 10.1. The number of para-hydroxylation sites is 2. The van der Waals surface area contributed by atoms with Crippen LogP contribution >= 0.6 is 22.7 Å². The minimum absolute atomic E-state index is 0.00453. The number of fused-ring (bicyclic) bond motifs is 1. The first-order valence-electron chi connectivity index (χ1n) is 8.37. The van der Waals surface area contributed by atoms with Gasteiger partial charge in [0.25, 0.3) is 0 Å². The molecule has 0 aliphatic carbocycles. The van der Waals surface area contributed by atoms with Crippen molar-refractivity contribution >= 4 is 39.6 Å². The predicted molar refractivity (Wildman–Crippen MR) is 107 cm³/mol. The number of hydrogen-bond donors (Lipinski definition) is 1. The molecule has 5 nitrogen and oxygen atoms in total. The topological polar surface area (TPSA) is 59.8 Å². The molecule has 1 N–H and O–H groups in total. The van der Waals surface area contributed by atoms with Crippen molar-refractivity contribution in [2.24, 2.45) is 0 Å². The van der Waals surface area contributed by atoms with Gasteiger partial charge in [0, 0.05) is 18.5 Å². The molecule has 0 aliphatic heterocycles. The van der Waals surface area contributed by atoms with E-state index in [9.17, 15) is 4.79 Å². The van der Waals surface area contributed by atoms with E-state index in [4.69, 9.17) is 0 Å². The maximum absolute atomic E-state index is 12.2. The number of amides is 1. The zero-order valence-electron chi connectivity index (χ0n) is 14.3. The quantitative estimate of drug-likeness (QED) is 0.550. The average Bonchev–Trinajstić information content (AvgIpc) is 3.35. The van der Waals surface area contributed by atoms with Gasteiger partial charge in [-0.1, -0.05) is 18.2 Å². The van der Waals surface area contributed by atoms with E-state index in [1.807, 2.05) is 48.0 Å². The summed E-state index contributed by atoms with van der Waals surface area (Å²) in [5.74, 6) is 0.954. The Morgan fingerprint density at radius 2 is 2.04 bits per heavy atom. The standard InChI is InChI=1S/C19H18N4OS2/c1-13-21-15-5-2-3-6-16(15)23(13)9-8-20-18(24)11-14-12-26-19(22-14)17-7-4-10-25-17/h2-7,10,12H,8-9,11H2,1H3,(H,20,24). The van der Waals surface area contributed by atoms with E-state index in [1.54, 1.807) is 22.7 Å². The molecule has 0 radical (unpaired) electrons. The highest BCUT2D eigenvalue weighted by atomic mass is 32.1. The summed E-state index contributed by atoms with van der Waals surface area (Å²) in [5.41, 5.74) is 2.90. The normalized spacial score (nSPS) is 11.1. The summed E-state index contributed by atoms with van der Waals surface area (Å²) in [5, 5.41) is 7.95. The van der Waals surface area contributed by atoms with Crippen LogP contribution in [0.2, 0.25) is 0 Å². The number of thiophene rings is 1. The third-order valence-electron chi connectivity index (χ3n) is 4.13. The monoisotopic (exact) mass is 382 g/mol. The van der Waals surface area contributed by atoms with E-state index in [0.717, 1.165) is 32.4 Å². The molecule has 0 saturated heterocycles. The highest BCUT2D eigenvalue weighted by Gasteiger charge is 2.10. The van der Waals surface area contributed by atoms with Crippen LogP contribution in [0.3, 0.4) is 0 Å². The molecule has 0 unspecified atom stereocenters. The predicted octanol–water partition coefficient (Wildman–Crippen LogP) is 3.89. The number of imidazole rings is 1. The molecular weight excluding hydrogens is 364 g/mol. The molecule has 7 heteroatoms. The molecule has 26 heavy (non-hydrogen) atoms. The van der Waals surface area contributed by atoms with Gasteiger partial charge < -0.3 is 9.88 Å². The maximum atomic E-state index is 12.2. The van der Waals surface area contributed by atoms with Crippen molar-refractivity contribution in [3.05, 3.63) is 58.7 Å². The van der Waals surface area contributed by atoms with Crippen molar-refractivity contribution < 1.29 is 4.79 Å². The largest absolute Gasteiger partial charge is 0.354 e. The number of nitrogens with zero attached hydrogens (tertiary/aromatic N) is 3. The lowest BCUT2D eigenvalue weighted by molar-refractivity contribution is -0.120. The summed E-state index contributed by atoms with van der Waals surface area (Å²) >= 11 is 3.24. The van der Waals surface area contributed by atoms with E-state index in [2.05, 4.69) is 25.9 Å². The molecule has 1 amide bonds. The molecule has 4 aromatic rings. The number of nitrogens with one attached hydrogen (secondary N) is 1. The van der Waals surface area contributed by atoms with Crippen molar-refractivity contribution in [2.45, 2.75) is 19.9 Å². The lowest BCUT2D eigenvalue weighted by Crippen LogP contribution is -2.28. The summed E-state index contributed by atoms with van der Waals surface area (Å²) in [6, 6.07) is 12.1. The lowest BCUT2D eigenvalue weighted by Gasteiger charge is -2.08. The molecule has 3 heterocycles. The Balaban J connectivity index is 1.33. The van der Waals surface area contributed by atoms with E-state index in [-0.39, 0.29) is 5.91 Å². The molecule has 1 aromatic carbocycles. The summed E-state index contributed by atoms with van der Waals surface area (Å²) in [4.78, 5) is 22.5. The van der Waals surface area contributed by atoms with Crippen molar-refractivity contribution in [1.82, 2.24) is 19.9 Å². The van der Waals surface area contributed by atoms with Gasteiger partial charge in [-0.3, -0.25) is 4.79 Å². The first kappa shape index (κ1) is 16.9. The first-order chi connectivity index (χ1) is 12.7. The summed E-state index contributed by atoms with van der Waals surface area (Å²) in [6.07, 6.45) is 0.311. The molecule has 0 atom stereocenters. The van der Waals surface area contributed by atoms with Gasteiger partial charge in [-0.2, -0.15) is 0 Å². The van der Waals surface area contributed by atoms with Gasteiger partial charge in [-0.25, -0.2) is 9.97 Å². The van der Waals surface area contributed by atoms with Crippen LogP contribution in [0.25, 0.3) is 20.9 Å². The van der Waals surface area contributed by atoms with Crippen LogP contribution in [0.1, 0.15) is 11.5 Å². The fraction of sp³-hybridized carbons (Fsp3) is 0.211. The van der Waals surface area contributed by atoms with Gasteiger partial charge in [0.1, 0.15) is 10.8 Å². The fourth-order valence-electron chi connectivity index (χ4n) is 2.91. The highest BCUT2D eigenvalue weighted by molar-refractivity contribution is 7.20. The Kier molecular flexibility index (Phi) is 4.81. The molecule has 0 saturated carbocycles. The zero-order chi connectivity index (χ0) is 17.9. The third kappa shape index (κ3) is 3.54. The second kappa shape index (κ2) is 7.39. The van der Waals surface area contributed by atoms with Crippen LogP contribution in [0, 0.1) is 6.92 Å². The van der Waals surface area contributed by atoms with Crippen molar-refractivity contribution in [3.8, 4) is 9.88 Å². The van der Waals surface area contributed by atoms with Gasteiger partial charge >= 0.3 is 0 Å². The maximum Gasteiger partial charge on any atom is 0.226 e. The number of aryl methyl sites for hydroxylation is 1. The third-order valence-corrected chi connectivity index (χ3v) is 6.06. The minimum atomic E-state index is -0.00453. The van der Waals surface area contributed by atoms with Crippen molar-refractivity contribution in [2.75, 3.05) is 6.54 Å². The number of aromatic nitrogens is 3. The average molecular weight is 383 g/mol. The molecule has 0 bridgehead atoms. The smallest absolute Gasteiger partial charge is 0.226 e. The van der Waals surface area contributed by atoms with Crippen LogP contribution in [0.5, 0.6) is 0 Å². The van der Waals surface area contributed by atoms with Crippen LogP contribution in [0.4, 0.5) is 0 Å². The summed E-state index contributed by atoms with van der Waals surface area (Å²) < 4.78 is 2.13. The Morgan fingerprint density at radius 1 is 1.15 bits per heavy atom. The molecule has 0 spiro atoms. The number of carbonyl (C=O) groups excluding carboxylic acids is 1. The van der Waals surface area contributed by atoms with Crippen LogP contribution < -0.4 is 5.32 Å². The zero-order valence-corrected chi connectivity index (χ0v) is 15.9. The fourth-order valence-corrected chi connectivity index (χ4v) is 4.55. The lowest BCUT2D eigenvalue weighted by atomic mass is 10.3. The van der Waals surface area contributed by atoms with Crippen molar-refractivity contribution in [3.63, 3.8) is 0 Å². The van der Waals surface area contributed by atoms with Crippen LogP contribution in [0.15, 0.2) is 47.2 Å². The molecular formula is C19H18N4OS2. The number of carbonyl (C=O) groups is 1. The molecule has 132 valence electrons. The second-order valence-corrected chi connectivity index (χ2v) is 7.75. The Hall–Kier alpha value is -2.51. The number of benzene rings is 1. The second-order valence-electron chi connectivity index (χ2n) is 5.95. The molecule has 0 aliphatic rings. The summed E-state index contributed by atoms with van der Waals surface area (Å²) in [6.45, 7) is 3.26. The SMILES string of the molecule is Cc1nc2ccccc2n1CCNC(=O)Cc1csc(-c2cccs2)n1. The number of thiazole rings is 1. The van der Waals surface area contributed by atoms with E-state index < -0.39 is 0 Å². The number of hydrogen-bond acceptors (Lipinski definition) is 5. The molecule has 0 fully saturated rings. The van der Waals surface area contributed by atoms with Gasteiger partial charge in [0.2, 0.25) is 5.91 Å². The van der Waals surface area contributed by atoms with E-state index in [1.165, 1.54) is 0 Å². The van der Waals surface area contributed by atoms with Gasteiger partial charge in [-0.15, -0.1) is 22.7 Å². The Morgan fingerprint density at radius 3 is 2.88 bits per heavy atom. The van der Waals surface area contributed by atoms with Gasteiger partial charge in [0.05, 0.1) is 28.0 Å². The van der Waals surface area contributed by atoms with E-state index >= 15 is 0 Å². The van der Waals surface area contributed by atoms with Crippen LogP contribution in [-0.4, -0.2) is 27.0 Å². The molecule has 4 rings (SSSR count). The Labute approximate surface area is 159 Å². The van der Waals surface area contributed by atoms with Crippen molar-refractivity contribution in [1.29, 1.82) is 0 Å². The van der Waals surface area contributed by atoms with E-state index in [0.29, 0.717) is 19.5 Å². The van der Waals surface area contributed by atoms with Crippen LogP contribution in [-0.2, 0) is 17.8 Å². The van der Waals surface area contributed by atoms with Gasteiger partial charge in [-0.05, 0) is 30.5 Å². The minimum Gasteiger partial charge on any atom is -0.354 e. The summed E-state index contributed by atoms with van der Waals surface area (Å²) in [7, 11) is 0. The highest BCUT2D eigenvalue weighted by Crippen LogP contribution is 2.27. The Bertz CT molecular complexity index is 1030. The van der Waals surface area contributed by atoms with Gasteiger partial charge in [0.15, 0.2) is 0 Å². The molecule has 3 aromatic heterocycles.